The minimum atomic E-state index is -3.85. The Balaban J connectivity index is 2.42. The number of rotatable bonds is 8. The zero-order chi connectivity index (χ0) is 20.9. The van der Waals surface area contributed by atoms with Crippen LogP contribution in [0.3, 0.4) is 0 Å². The number of amides is 1. The second-order valence-electron chi connectivity index (χ2n) is 7.10. The summed E-state index contributed by atoms with van der Waals surface area (Å²) < 4.78 is 29.1. The first-order valence-corrected chi connectivity index (χ1v) is 11.1. The third-order valence-electron chi connectivity index (χ3n) is 4.83. The van der Waals surface area contributed by atoms with E-state index in [-0.39, 0.29) is 10.8 Å². The molecule has 0 aliphatic heterocycles. The number of likely N-dealkylation sites (N-methyl/N-ethyl adjacent to an activating group) is 1. The van der Waals surface area contributed by atoms with Gasteiger partial charge in [-0.3, -0.25) is 4.79 Å². The summed E-state index contributed by atoms with van der Waals surface area (Å²) in [5.41, 5.74) is 3.28. The van der Waals surface area contributed by atoms with Gasteiger partial charge in [-0.1, -0.05) is 48.0 Å². The molecule has 0 heterocycles. The molecule has 1 N–H and O–H groups in total. The number of nitrogens with zero attached hydrogens (tertiary/aromatic N) is 1. The molecule has 2 aromatic rings. The van der Waals surface area contributed by atoms with Gasteiger partial charge < -0.3 is 4.90 Å². The molecule has 0 aliphatic carbocycles. The Morgan fingerprint density at radius 1 is 1.00 bits per heavy atom. The molecule has 0 unspecified atom stereocenters. The van der Waals surface area contributed by atoms with Crippen LogP contribution in [0, 0.1) is 20.8 Å². The highest BCUT2D eigenvalue weighted by atomic mass is 32.2. The maximum Gasteiger partial charge on any atom is 0.241 e. The van der Waals surface area contributed by atoms with Crippen molar-refractivity contribution in [2.45, 2.75) is 52.0 Å². The van der Waals surface area contributed by atoms with Gasteiger partial charge in [0.15, 0.2) is 0 Å². The van der Waals surface area contributed by atoms with Crippen molar-refractivity contribution >= 4 is 15.9 Å². The lowest BCUT2D eigenvalue weighted by Gasteiger charge is -2.26. The van der Waals surface area contributed by atoms with Gasteiger partial charge in [0.25, 0.3) is 0 Å². The topological polar surface area (TPSA) is 66.5 Å². The molecule has 0 bridgehead atoms. The summed E-state index contributed by atoms with van der Waals surface area (Å²) in [5, 5.41) is 0. The first-order chi connectivity index (χ1) is 13.2. The highest BCUT2D eigenvalue weighted by Crippen LogP contribution is 2.22. The summed E-state index contributed by atoms with van der Waals surface area (Å²) in [6.45, 7) is 10.4. The summed E-state index contributed by atoms with van der Waals surface area (Å²) in [6.07, 6.45) is 0.305. The van der Waals surface area contributed by atoms with Crippen LogP contribution in [0.15, 0.2) is 47.4 Å². The van der Waals surface area contributed by atoms with E-state index in [9.17, 15) is 13.2 Å². The molecule has 0 spiro atoms. The molecule has 0 aliphatic rings. The van der Waals surface area contributed by atoms with Gasteiger partial charge in [-0.25, -0.2) is 8.42 Å². The molecular weight excluding hydrogens is 372 g/mol. The van der Waals surface area contributed by atoms with Gasteiger partial charge in [0, 0.05) is 13.1 Å². The number of hydrogen-bond donors (Lipinski definition) is 1. The molecule has 0 aromatic heterocycles. The number of carbonyl (C=O) groups is 1. The van der Waals surface area contributed by atoms with Crippen molar-refractivity contribution in [1.82, 2.24) is 9.62 Å². The fourth-order valence-electron chi connectivity index (χ4n) is 3.62. The van der Waals surface area contributed by atoms with E-state index in [1.807, 2.05) is 63.2 Å². The van der Waals surface area contributed by atoms with Crippen LogP contribution >= 0.6 is 0 Å². The van der Waals surface area contributed by atoms with Gasteiger partial charge in [0.2, 0.25) is 15.9 Å². The Labute approximate surface area is 168 Å². The average molecular weight is 403 g/mol. The van der Waals surface area contributed by atoms with Gasteiger partial charge in [-0.05, 0) is 57.7 Å². The maximum atomic E-state index is 13.2. The molecule has 2 aromatic carbocycles. The lowest BCUT2D eigenvalue weighted by atomic mass is 10.1. The smallest absolute Gasteiger partial charge is 0.241 e. The Hall–Kier alpha value is -2.18. The fourth-order valence-corrected chi connectivity index (χ4v) is 5.26. The summed E-state index contributed by atoms with van der Waals surface area (Å²) in [7, 11) is -3.85. The molecule has 152 valence electrons. The van der Waals surface area contributed by atoms with E-state index in [0.29, 0.717) is 30.6 Å². The predicted molar refractivity (Wildman–Crippen MR) is 113 cm³/mol. The van der Waals surface area contributed by atoms with Crippen LogP contribution in [0.4, 0.5) is 0 Å². The molecule has 1 atom stereocenters. The number of hydrogen-bond acceptors (Lipinski definition) is 3. The third kappa shape index (κ3) is 5.20. The van der Waals surface area contributed by atoms with E-state index >= 15 is 0 Å². The highest BCUT2D eigenvalue weighted by Gasteiger charge is 2.30. The summed E-state index contributed by atoms with van der Waals surface area (Å²) >= 11 is 0. The standard InChI is InChI=1S/C22H30N2O3S/c1-6-24(7-2)22(25)20(15-19-11-9-8-10-12-19)23-28(26,27)21-17(4)13-16(3)14-18(21)5/h8-14,20,23H,6-7,15H2,1-5H3/t20-/m1/s1. The molecule has 6 heteroatoms. The van der Waals surface area contributed by atoms with Crippen molar-refractivity contribution in [3.05, 3.63) is 64.7 Å². The van der Waals surface area contributed by atoms with E-state index in [0.717, 1.165) is 11.1 Å². The van der Waals surface area contributed by atoms with Crippen LogP contribution in [-0.4, -0.2) is 38.4 Å². The van der Waals surface area contributed by atoms with Gasteiger partial charge in [-0.2, -0.15) is 4.72 Å². The van der Waals surface area contributed by atoms with Crippen LogP contribution in [0.25, 0.3) is 0 Å². The molecule has 5 nitrogen and oxygen atoms in total. The largest absolute Gasteiger partial charge is 0.342 e. The van der Waals surface area contributed by atoms with Crippen molar-refractivity contribution in [3.63, 3.8) is 0 Å². The van der Waals surface area contributed by atoms with Crippen molar-refractivity contribution in [1.29, 1.82) is 0 Å². The van der Waals surface area contributed by atoms with E-state index in [2.05, 4.69) is 4.72 Å². The number of nitrogens with one attached hydrogen (secondary N) is 1. The second kappa shape index (κ2) is 9.34. The summed E-state index contributed by atoms with van der Waals surface area (Å²) in [6, 6.07) is 12.3. The molecule has 28 heavy (non-hydrogen) atoms. The number of aryl methyl sites for hydroxylation is 3. The summed E-state index contributed by atoms with van der Waals surface area (Å²) in [4.78, 5) is 15.0. The lowest BCUT2D eigenvalue weighted by molar-refractivity contribution is -0.132. The van der Waals surface area contributed by atoms with Crippen molar-refractivity contribution < 1.29 is 13.2 Å². The monoisotopic (exact) mass is 402 g/mol. The fraction of sp³-hybridized carbons (Fsp3) is 0.409. The molecule has 2 rings (SSSR count). The van der Waals surface area contributed by atoms with Crippen LogP contribution in [0.5, 0.6) is 0 Å². The molecule has 0 radical (unpaired) electrons. The normalized spacial score (nSPS) is 12.6. The van der Waals surface area contributed by atoms with Gasteiger partial charge in [0.1, 0.15) is 6.04 Å². The van der Waals surface area contributed by atoms with Crippen LogP contribution in [0.1, 0.15) is 36.1 Å². The number of benzene rings is 2. The first-order valence-electron chi connectivity index (χ1n) is 9.62. The number of carbonyl (C=O) groups excluding carboxylic acids is 1. The van der Waals surface area contributed by atoms with Crippen LogP contribution < -0.4 is 4.72 Å². The lowest BCUT2D eigenvalue weighted by Crippen LogP contribution is -2.49. The van der Waals surface area contributed by atoms with Crippen molar-refractivity contribution in [2.24, 2.45) is 0 Å². The zero-order valence-corrected chi connectivity index (χ0v) is 18.1. The minimum Gasteiger partial charge on any atom is -0.342 e. The molecule has 0 saturated heterocycles. The van der Waals surface area contributed by atoms with Crippen LogP contribution in [-0.2, 0) is 21.2 Å². The van der Waals surface area contributed by atoms with Gasteiger partial charge >= 0.3 is 0 Å². The quantitative estimate of drug-likeness (QED) is 0.736. The Bertz CT molecular complexity index is 897. The van der Waals surface area contributed by atoms with E-state index < -0.39 is 16.1 Å². The van der Waals surface area contributed by atoms with E-state index in [4.69, 9.17) is 0 Å². The molecule has 0 fully saturated rings. The van der Waals surface area contributed by atoms with Gasteiger partial charge in [0.05, 0.1) is 4.90 Å². The second-order valence-corrected chi connectivity index (χ2v) is 8.75. The first kappa shape index (κ1) is 22.1. The number of sulfonamides is 1. The third-order valence-corrected chi connectivity index (χ3v) is 6.60. The molecule has 0 saturated carbocycles. The van der Waals surface area contributed by atoms with Crippen molar-refractivity contribution in [2.75, 3.05) is 13.1 Å². The predicted octanol–water partition coefficient (Wildman–Crippen LogP) is 3.37. The Morgan fingerprint density at radius 2 is 1.54 bits per heavy atom. The Morgan fingerprint density at radius 3 is 2.04 bits per heavy atom. The molecule has 1 amide bonds. The van der Waals surface area contributed by atoms with Gasteiger partial charge in [-0.15, -0.1) is 0 Å². The van der Waals surface area contributed by atoms with E-state index in [1.54, 1.807) is 18.7 Å². The van der Waals surface area contributed by atoms with Crippen molar-refractivity contribution in [3.8, 4) is 0 Å². The summed E-state index contributed by atoms with van der Waals surface area (Å²) in [5.74, 6) is -0.208. The van der Waals surface area contributed by atoms with E-state index in [1.165, 1.54) is 0 Å². The van der Waals surface area contributed by atoms with Crippen LogP contribution in [0.2, 0.25) is 0 Å². The zero-order valence-electron chi connectivity index (χ0n) is 17.3. The average Bonchev–Trinajstić information content (AvgIpc) is 2.61. The minimum absolute atomic E-state index is 0.208. The highest BCUT2D eigenvalue weighted by molar-refractivity contribution is 7.89. The SMILES string of the molecule is CCN(CC)C(=O)[C@@H](Cc1ccccc1)NS(=O)(=O)c1c(C)cc(C)cc1C. The Kier molecular flexibility index (Phi) is 7.38. The molecular formula is C22H30N2O3S. The maximum absolute atomic E-state index is 13.2.